The number of allylic oxidation sites excluding steroid dienone is 2. The number of hydrogen-bond donors (Lipinski definition) is 1. The van der Waals surface area contributed by atoms with Gasteiger partial charge in [0.15, 0.2) is 5.78 Å². The number of benzene rings is 1. The van der Waals surface area contributed by atoms with E-state index < -0.39 is 0 Å². The topological polar surface area (TPSA) is 69.0 Å². The number of rotatable bonds is 7. The zero-order valence-electron chi connectivity index (χ0n) is 17.3. The third-order valence-corrected chi connectivity index (χ3v) is 6.00. The summed E-state index contributed by atoms with van der Waals surface area (Å²) in [5.74, 6) is 3.30. The number of nitrogens with zero attached hydrogens (tertiary/aromatic N) is 3. The van der Waals surface area contributed by atoms with Gasteiger partial charge in [-0.2, -0.15) is 4.98 Å². The summed E-state index contributed by atoms with van der Waals surface area (Å²) >= 11 is 1.61. The van der Waals surface area contributed by atoms with E-state index in [1.54, 1.807) is 11.8 Å². The molecule has 2 aliphatic rings. The Kier molecular flexibility index (Phi) is 5.94. The normalized spacial score (nSPS) is 18.5. The Morgan fingerprint density at radius 3 is 2.79 bits per heavy atom. The zero-order chi connectivity index (χ0) is 20.4. The highest BCUT2D eigenvalue weighted by molar-refractivity contribution is 7.99. The number of carbonyl (C=O) groups is 1. The lowest BCUT2D eigenvalue weighted by Crippen LogP contribution is -2.31. The van der Waals surface area contributed by atoms with Crippen LogP contribution in [0.5, 0.6) is 5.75 Å². The number of ether oxygens (including phenoxy) is 1. The van der Waals surface area contributed by atoms with Gasteiger partial charge < -0.3 is 10.1 Å². The van der Waals surface area contributed by atoms with Gasteiger partial charge in [0.05, 0.1) is 6.61 Å². The molecule has 0 saturated heterocycles. The summed E-state index contributed by atoms with van der Waals surface area (Å²) in [6.45, 7) is 7.18. The first-order valence-electron chi connectivity index (χ1n) is 10.4. The molecule has 0 saturated carbocycles. The van der Waals surface area contributed by atoms with E-state index in [1.807, 2.05) is 28.9 Å². The molecule has 4 rings (SSSR count). The Labute approximate surface area is 176 Å². The summed E-state index contributed by atoms with van der Waals surface area (Å²) in [6, 6.07) is 7.83. The van der Waals surface area contributed by atoms with E-state index in [2.05, 4.69) is 31.1 Å². The van der Waals surface area contributed by atoms with Crippen LogP contribution in [0.4, 0.5) is 5.95 Å². The van der Waals surface area contributed by atoms with E-state index >= 15 is 0 Å². The van der Waals surface area contributed by atoms with Crippen molar-refractivity contribution in [3.05, 3.63) is 41.1 Å². The molecule has 154 valence electrons. The van der Waals surface area contributed by atoms with Gasteiger partial charge in [0.25, 0.3) is 0 Å². The summed E-state index contributed by atoms with van der Waals surface area (Å²) in [7, 11) is 0. The van der Waals surface area contributed by atoms with Crippen molar-refractivity contribution >= 4 is 23.5 Å². The number of carbonyl (C=O) groups excluding carboxylic acids is 1. The molecule has 1 aliphatic carbocycles. The maximum atomic E-state index is 12.8. The maximum Gasteiger partial charge on any atom is 0.227 e. The lowest BCUT2D eigenvalue weighted by atomic mass is 9.85. The predicted octanol–water partition coefficient (Wildman–Crippen LogP) is 4.84. The van der Waals surface area contributed by atoms with Crippen molar-refractivity contribution in [1.82, 2.24) is 14.8 Å². The highest BCUT2D eigenvalue weighted by atomic mass is 32.2. The number of anilines is 1. The van der Waals surface area contributed by atoms with E-state index in [0.29, 0.717) is 18.9 Å². The number of thioether (sulfide) groups is 1. The van der Waals surface area contributed by atoms with Crippen LogP contribution >= 0.6 is 11.8 Å². The fourth-order valence-electron chi connectivity index (χ4n) is 3.79. The number of hydrogen-bond acceptors (Lipinski definition) is 6. The van der Waals surface area contributed by atoms with Crippen molar-refractivity contribution in [2.24, 2.45) is 5.92 Å². The Bertz CT molecular complexity index is 917. The standard InChI is InChI=1S/C22H28N4O2S/c1-4-29-22-24-21-23-17-6-5-7-18(27)19(17)20(26(21)25-22)15-8-10-16(11-9-15)28-13-12-14(2)3/h8-11,14,20H,4-7,12-13H2,1-3H3,(H,23,24,25). The minimum atomic E-state index is -0.238. The van der Waals surface area contributed by atoms with E-state index in [-0.39, 0.29) is 11.8 Å². The molecule has 2 heterocycles. The SMILES string of the molecule is CCSc1nc2n(n1)C(c1ccc(OCCC(C)C)cc1)C1=C(CCCC1=O)N2. The molecule has 7 heteroatoms. The Hall–Kier alpha value is -2.28. The fraction of sp³-hybridized carbons (Fsp3) is 0.500. The minimum absolute atomic E-state index is 0.201. The van der Waals surface area contributed by atoms with Gasteiger partial charge >= 0.3 is 0 Å². The van der Waals surface area contributed by atoms with E-state index in [1.165, 1.54) is 0 Å². The first-order valence-corrected chi connectivity index (χ1v) is 11.4. The van der Waals surface area contributed by atoms with E-state index in [9.17, 15) is 4.79 Å². The average molecular weight is 413 g/mol. The number of aromatic nitrogens is 3. The van der Waals surface area contributed by atoms with Gasteiger partial charge in [0.2, 0.25) is 11.1 Å². The highest BCUT2D eigenvalue weighted by Gasteiger charge is 2.36. The second-order valence-electron chi connectivity index (χ2n) is 7.89. The van der Waals surface area contributed by atoms with Crippen LogP contribution in [0, 0.1) is 5.92 Å². The van der Waals surface area contributed by atoms with Gasteiger partial charge in [-0.1, -0.05) is 44.7 Å². The Balaban J connectivity index is 1.66. The molecule has 1 N–H and O–H groups in total. The van der Waals surface area contributed by atoms with Crippen molar-refractivity contribution in [2.75, 3.05) is 17.7 Å². The summed E-state index contributed by atoms with van der Waals surface area (Å²) in [5, 5.41) is 8.81. The van der Waals surface area contributed by atoms with E-state index in [0.717, 1.165) is 58.7 Å². The molecular formula is C22H28N4O2S. The molecule has 0 radical (unpaired) electrons. The largest absolute Gasteiger partial charge is 0.494 e. The second-order valence-corrected chi connectivity index (χ2v) is 9.12. The summed E-state index contributed by atoms with van der Waals surface area (Å²) in [6.07, 6.45) is 3.37. The second kappa shape index (κ2) is 8.61. The number of ketones is 1. The third kappa shape index (κ3) is 4.20. The molecule has 2 aromatic rings. The molecule has 1 aromatic carbocycles. The maximum absolute atomic E-state index is 12.8. The van der Waals surface area contributed by atoms with Crippen LogP contribution in [0.1, 0.15) is 58.1 Å². The first kappa shape index (κ1) is 20.0. The average Bonchev–Trinajstić information content (AvgIpc) is 3.09. The van der Waals surface area contributed by atoms with Crippen molar-refractivity contribution in [3.8, 4) is 5.75 Å². The molecule has 1 aliphatic heterocycles. The van der Waals surface area contributed by atoms with Crippen molar-refractivity contribution < 1.29 is 9.53 Å². The highest BCUT2D eigenvalue weighted by Crippen LogP contribution is 2.40. The van der Waals surface area contributed by atoms with Crippen LogP contribution in [0.3, 0.4) is 0 Å². The summed E-state index contributed by atoms with van der Waals surface area (Å²) < 4.78 is 7.73. The smallest absolute Gasteiger partial charge is 0.227 e. The van der Waals surface area contributed by atoms with Crippen molar-refractivity contribution in [1.29, 1.82) is 0 Å². The molecule has 6 nitrogen and oxygen atoms in total. The Morgan fingerprint density at radius 2 is 2.07 bits per heavy atom. The molecule has 0 amide bonds. The molecule has 1 atom stereocenters. The van der Waals surface area contributed by atoms with Gasteiger partial charge in [-0.05, 0) is 48.6 Å². The van der Waals surface area contributed by atoms with Gasteiger partial charge in [-0.15, -0.1) is 5.10 Å². The molecule has 0 bridgehead atoms. The van der Waals surface area contributed by atoms with Gasteiger partial charge in [-0.3, -0.25) is 4.79 Å². The van der Waals surface area contributed by atoms with Gasteiger partial charge in [-0.25, -0.2) is 4.68 Å². The molecule has 0 spiro atoms. The van der Waals surface area contributed by atoms with Crippen molar-refractivity contribution in [2.45, 2.75) is 57.7 Å². The minimum Gasteiger partial charge on any atom is -0.494 e. The fourth-order valence-corrected chi connectivity index (χ4v) is 4.35. The van der Waals surface area contributed by atoms with Crippen LogP contribution in [-0.4, -0.2) is 32.9 Å². The van der Waals surface area contributed by atoms with E-state index in [4.69, 9.17) is 9.84 Å². The molecule has 1 aromatic heterocycles. The van der Waals surface area contributed by atoms with Crippen LogP contribution < -0.4 is 10.1 Å². The first-order chi connectivity index (χ1) is 14.1. The quantitative estimate of drug-likeness (QED) is 0.657. The number of Topliss-reactive ketones (excluding diaryl/α,β-unsaturated/α-hetero) is 1. The lowest BCUT2D eigenvalue weighted by Gasteiger charge is -2.32. The van der Waals surface area contributed by atoms with Crippen LogP contribution in [-0.2, 0) is 4.79 Å². The van der Waals surface area contributed by atoms with Crippen LogP contribution in [0.25, 0.3) is 0 Å². The molecule has 0 fully saturated rings. The van der Waals surface area contributed by atoms with Gasteiger partial charge in [0.1, 0.15) is 11.8 Å². The molecule has 29 heavy (non-hydrogen) atoms. The van der Waals surface area contributed by atoms with Gasteiger partial charge in [0, 0.05) is 17.7 Å². The number of fused-ring (bicyclic) bond motifs is 1. The summed E-state index contributed by atoms with van der Waals surface area (Å²) in [5.41, 5.74) is 2.86. The summed E-state index contributed by atoms with van der Waals surface area (Å²) in [4.78, 5) is 17.5. The lowest BCUT2D eigenvalue weighted by molar-refractivity contribution is -0.116. The van der Waals surface area contributed by atoms with Crippen LogP contribution in [0.15, 0.2) is 40.7 Å². The monoisotopic (exact) mass is 412 g/mol. The van der Waals surface area contributed by atoms with Crippen LogP contribution in [0.2, 0.25) is 0 Å². The third-order valence-electron chi connectivity index (χ3n) is 5.28. The predicted molar refractivity (Wildman–Crippen MR) is 115 cm³/mol. The van der Waals surface area contributed by atoms with Crippen molar-refractivity contribution in [3.63, 3.8) is 0 Å². The molecule has 1 unspecified atom stereocenters. The zero-order valence-corrected chi connectivity index (χ0v) is 18.1. The Morgan fingerprint density at radius 1 is 1.28 bits per heavy atom. The molecular weight excluding hydrogens is 384 g/mol. The number of nitrogens with one attached hydrogen (secondary N) is 1.